The molecule has 1 amide bonds. The van der Waals surface area contributed by atoms with Crippen LogP contribution in [0.3, 0.4) is 0 Å². The number of nitrogens with zero attached hydrogens (tertiary/aromatic N) is 1. The monoisotopic (exact) mass is 429 g/mol. The van der Waals surface area contributed by atoms with Crippen molar-refractivity contribution in [1.29, 1.82) is 0 Å². The minimum atomic E-state index is -0.489. The standard InChI is InChI=1S/C20H27N3O3.2ClH/c1-4-25-16-5-7-17(8-6-16)26-19-12-15(9-10-22-19)13-23-20(24)18(21)11-14(2)3;;/h5-10,12,14,18H,4,11,13,21H2,1-3H3,(H,23,24);2*1H/t18-;;/m0../s1. The summed E-state index contributed by atoms with van der Waals surface area (Å²) in [5.74, 6) is 2.16. The van der Waals surface area contributed by atoms with E-state index in [4.69, 9.17) is 15.2 Å². The van der Waals surface area contributed by atoms with Crippen LogP contribution in [0, 0.1) is 5.92 Å². The Labute approximate surface area is 179 Å². The predicted octanol–water partition coefficient (Wildman–Crippen LogP) is 4.11. The Balaban J connectivity index is 0.00000364. The lowest BCUT2D eigenvalue weighted by atomic mass is 10.0. The van der Waals surface area contributed by atoms with Crippen molar-refractivity contribution in [3.05, 3.63) is 48.2 Å². The molecule has 0 aliphatic heterocycles. The van der Waals surface area contributed by atoms with Crippen molar-refractivity contribution in [2.45, 2.75) is 39.8 Å². The summed E-state index contributed by atoms with van der Waals surface area (Å²) >= 11 is 0. The van der Waals surface area contributed by atoms with Crippen molar-refractivity contribution in [3.63, 3.8) is 0 Å². The molecule has 156 valence electrons. The number of amides is 1. The number of pyridine rings is 1. The fourth-order valence-electron chi connectivity index (χ4n) is 2.44. The van der Waals surface area contributed by atoms with Crippen molar-refractivity contribution >= 4 is 30.7 Å². The molecule has 3 N–H and O–H groups in total. The van der Waals surface area contributed by atoms with Crippen molar-refractivity contribution in [3.8, 4) is 17.4 Å². The molecule has 2 rings (SSSR count). The highest BCUT2D eigenvalue weighted by molar-refractivity contribution is 5.85. The van der Waals surface area contributed by atoms with Crippen LogP contribution in [0.4, 0.5) is 0 Å². The molecule has 1 atom stereocenters. The number of rotatable bonds is 9. The van der Waals surface area contributed by atoms with E-state index >= 15 is 0 Å². The van der Waals surface area contributed by atoms with Gasteiger partial charge in [-0.25, -0.2) is 4.98 Å². The zero-order valence-electron chi connectivity index (χ0n) is 16.4. The van der Waals surface area contributed by atoms with E-state index in [2.05, 4.69) is 10.3 Å². The van der Waals surface area contributed by atoms with E-state index in [1.54, 1.807) is 12.3 Å². The van der Waals surface area contributed by atoms with Crippen molar-refractivity contribution in [1.82, 2.24) is 10.3 Å². The highest BCUT2D eigenvalue weighted by atomic mass is 35.5. The number of carbonyl (C=O) groups excluding carboxylic acids is 1. The van der Waals surface area contributed by atoms with Crippen LogP contribution in [0.5, 0.6) is 17.4 Å². The second kappa shape index (κ2) is 13.2. The molecular formula is C20H29Cl2N3O3. The lowest BCUT2D eigenvalue weighted by Crippen LogP contribution is -2.41. The SMILES string of the molecule is CCOc1ccc(Oc2cc(CNC(=O)[C@@H](N)CC(C)C)ccn2)cc1.Cl.Cl. The molecule has 0 unspecified atom stereocenters. The third kappa shape index (κ3) is 8.78. The summed E-state index contributed by atoms with van der Waals surface area (Å²) in [4.78, 5) is 16.2. The average Bonchev–Trinajstić information content (AvgIpc) is 2.61. The molecule has 0 aliphatic carbocycles. The molecule has 0 fully saturated rings. The zero-order chi connectivity index (χ0) is 18.9. The quantitative estimate of drug-likeness (QED) is 0.626. The Morgan fingerprint density at radius 1 is 1.14 bits per heavy atom. The normalized spacial score (nSPS) is 11.0. The molecule has 8 heteroatoms. The fourth-order valence-corrected chi connectivity index (χ4v) is 2.44. The average molecular weight is 430 g/mol. The predicted molar refractivity (Wildman–Crippen MR) is 116 cm³/mol. The van der Waals surface area contributed by atoms with Gasteiger partial charge in [-0.3, -0.25) is 4.79 Å². The van der Waals surface area contributed by atoms with Crippen LogP contribution in [0.25, 0.3) is 0 Å². The highest BCUT2D eigenvalue weighted by Crippen LogP contribution is 2.23. The molecule has 2 aromatic rings. The maximum atomic E-state index is 12.0. The van der Waals surface area contributed by atoms with Crippen molar-refractivity contribution in [2.24, 2.45) is 11.7 Å². The summed E-state index contributed by atoms with van der Waals surface area (Å²) in [6.45, 7) is 7.03. The van der Waals surface area contributed by atoms with Crippen LogP contribution in [0.1, 0.15) is 32.8 Å². The van der Waals surface area contributed by atoms with Gasteiger partial charge < -0.3 is 20.5 Å². The van der Waals surface area contributed by atoms with E-state index in [0.29, 0.717) is 37.1 Å². The Kier molecular flexibility index (Phi) is 12.3. The second-order valence-electron chi connectivity index (χ2n) is 6.46. The summed E-state index contributed by atoms with van der Waals surface area (Å²) in [5, 5.41) is 2.85. The van der Waals surface area contributed by atoms with Crippen molar-refractivity contribution < 1.29 is 14.3 Å². The Morgan fingerprint density at radius 3 is 2.39 bits per heavy atom. The van der Waals surface area contributed by atoms with Gasteiger partial charge in [-0.15, -0.1) is 24.8 Å². The lowest BCUT2D eigenvalue weighted by Gasteiger charge is -2.14. The number of benzene rings is 1. The first kappa shape index (κ1) is 26.0. The van der Waals surface area contributed by atoms with Gasteiger partial charge in [-0.1, -0.05) is 13.8 Å². The number of ether oxygens (including phenoxy) is 2. The van der Waals surface area contributed by atoms with Gasteiger partial charge in [0.1, 0.15) is 11.5 Å². The Hall–Kier alpha value is -2.02. The van der Waals surface area contributed by atoms with Crippen LogP contribution >= 0.6 is 24.8 Å². The molecule has 0 aliphatic rings. The van der Waals surface area contributed by atoms with Crippen molar-refractivity contribution in [2.75, 3.05) is 6.61 Å². The number of aromatic nitrogens is 1. The van der Waals surface area contributed by atoms with Crippen LogP contribution in [-0.2, 0) is 11.3 Å². The summed E-state index contributed by atoms with van der Waals surface area (Å²) in [6.07, 6.45) is 2.31. The van der Waals surface area contributed by atoms with Gasteiger partial charge in [0, 0.05) is 18.8 Å². The maximum absolute atomic E-state index is 12.0. The minimum absolute atomic E-state index is 0. The first-order chi connectivity index (χ1) is 12.5. The minimum Gasteiger partial charge on any atom is -0.494 e. The number of nitrogens with one attached hydrogen (secondary N) is 1. The molecule has 1 aromatic heterocycles. The van der Waals surface area contributed by atoms with Gasteiger partial charge in [0.25, 0.3) is 0 Å². The van der Waals surface area contributed by atoms with Gasteiger partial charge in [-0.05, 0) is 55.2 Å². The molecule has 0 saturated carbocycles. The summed E-state index contributed by atoms with van der Waals surface area (Å²) in [7, 11) is 0. The van der Waals surface area contributed by atoms with Crippen LogP contribution in [0.2, 0.25) is 0 Å². The summed E-state index contributed by atoms with van der Waals surface area (Å²) < 4.78 is 11.2. The first-order valence-corrected chi connectivity index (χ1v) is 8.87. The van der Waals surface area contributed by atoms with E-state index < -0.39 is 6.04 Å². The number of nitrogens with two attached hydrogens (primary N) is 1. The summed E-state index contributed by atoms with van der Waals surface area (Å²) in [6, 6.07) is 10.5. The second-order valence-corrected chi connectivity index (χ2v) is 6.46. The smallest absolute Gasteiger partial charge is 0.237 e. The molecule has 0 spiro atoms. The number of carbonyl (C=O) groups is 1. The van der Waals surface area contributed by atoms with Gasteiger partial charge in [-0.2, -0.15) is 0 Å². The zero-order valence-corrected chi connectivity index (χ0v) is 18.0. The molecule has 28 heavy (non-hydrogen) atoms. The number of halogens is 2. The van der Waals surface area contributed by atoms with E-state index in [1.165, 1.54) is 0 Å². The molecule has 1 aromatic carbocycles. The molecule has 0 radical (unpaired) electrons. The van der Waals surface area contributed by atoms with Gasteiger partial charge in [0.15, 0.2) is 0 Å². The van der Waals surface area contributed by atoms with Gasteiger partial charge in [0.05, 0.1) is 12.6 Å². The third-order valence-electron chi connectivity index (χ3n) is 3.69. The van der Waals surface area contributed by atoms with E-state index in [0.717, 1.165) is 11.3 Å². The van der Waals surface area contributed by atoms with E-state index in [-0.39, 0.29) is 30.7 Å². The topological polar surface area (TPSA) is 86.5 Å². The first-order valence-electron chi connectivity index (χ1n) is 8.87. The number of hydrogen-bond acceptors (Lipinski definition) is 5. The largest absolute Gasteiger partial charge is 0.494 e. The maximum Gasteiger partial charge on any atom is 0.237 e. The lowest BCUT2D eigenvalue weighted by molar-refractivity contribution is -0.122. The van der Waals surface area contributed by atoms with Gasteiger partial charge in [0.2, 0.25) is 11.8 Å². The van der Waals surface area contributed by atoms with Crippen LogP contribution in [0.15, 0.2) is 42.6 Å². The molecule has 1 heterocycles. The highest BCUT2D eigenvalue weighted by Gasteiger charge is 2.14. The van der Waals surface area contributed by atoms with E-state index in [9.17, 15) is 4.79 Å². The molecule has 0 saturated heterocycles. The fraction of sp³-hybridized carbons (Fsp3) is 0.400. The molecular weight excluding hydrogens is 401 g/mol. The van der Waals surface area contributed by atoms with Crippen LogP contribution in [-0.4, -0.2) is 23.5 Å². The third-order valence-corrected chi connectivity index (χ3v) is 3.69. The summed E-state index contributed by atoms with van der Waals surface area (Å²) in [5.41, 5.74) is 6.78. The van der Waals surface area contributed by atoms with Crippen LogP contribution < -0.4 is 20.5 Å². The van der Waals surface area contributed by atoms with Gasteiger partial charge >= 0.3 is 0 Å². The Morgan fingerprint density at radius 2 is 1.79 bits per heavy atom. The number of hydrogen-bond donors (Lipinski definition) is 2. The Bertz CT molecular complexity index is 712. The molecule has 6 nitrogen and oxygen atoms in total. The van der Waals surface area contributed by atoms with E-state index in [1.807, 2.05) is 51.1 Å². The molecule has 0 bridgehead atoms.